The summed E-state index contributed by atoms with van der Waals surface area (Å²) in [7, 11) is 0. The molecule has 0 bridgehead atoms. The molecule has 0 spiro atoms. The normalized spacial score (nSPS) is 10.7. The largest absolute Gasteiger partial charge is 0.440 e. The summed E-state index contributed by atoms with van der Waals surface area (Å²) in [6, 6.07) is 20.5. The van der Waals surface area contributed by atoms with Crippen LogP contribution in [0.1, 0.15) is 27.4 Å². The summed E-state index contributed by atoms with van der Waals surface area (Å²) in [6.45, 7) is 1.88. The molecule has 0 aliphatic carbocycles. The number of nitrogens with zero attached hydrogens (tertiary/aromatic N) is 1. The first-order valence-electron chi connectivity index (χ1n) is 9.30. The Morgan fingerprint density at radius 1 is 1.10 bits per heavy atom. The molecule has 0 unspecified atom stereocenters. The average Bonchev–Trinajstić information content (AvgIpc) is 3.13. The molecule has 150 valence electrons. The van der Waals surface area contributed by atoms with Crippen LogP contribution in [-0.4, -0.2) is 16.0 Å². The third kappa shape index (κ3) is 4.67. The van der Waals surface area contributed by atoms with Crippen LogP contribution in [0.3, 0.4) is 0 Å². The number of amides is 1. The average molecular weight is 436 g/mol. The summed E-state index contributed by atoms with van der Waals surface area (Å²) in [6.07, 6.45) is 0.588. The molecule has 1 aromatic heterocycles. The molecule has 4 aromatic rings. The fourth-order valence-corrected chi connectivity index (χ4v) is 3.34. The van der Waals surface area contributed by atoms with Crippen LogP contribution in [0.2, 0.25) is 5.02 Å². The minimum Gasteiger partial charge on any atom is -0.440 e. The van der Waals surface area contributed by atoms with Crippen molar-refractivity contribution in [1.82, 2.24) is 10.3 Å². The molecule has 30 heavy (non-hydrogen) atoms. The molecule has 0 fully saturated rings. The first kappa shape index (κ1) is 20.1. The van der Waals surface area contributed by atoms with Gasteiger partial charge in [0.1, 0.15) is 5.52 Å². The first-order valence-corrected chi connectivity index (χ1v) is 10.1. The number of aromatic nitrogens is 1. The summed E-state index contributed by atoms with van der Waals surface area (Å²) in [5.41, 5.74) is 4.80. The van der Waals surface area contributed by atoms with Gasteiger partial charge >= 0.3 is 0 Å². The Morgan fingerprint density at radius 3 is 2.60 bits per heavy atom. The number of halogens is 1. The van der Waals surface area contributed by atoms with E-state index in [0.717, 1.165) is 27.9 Å². The lowest BCUT2D eigenvalue weighted by molar-refractivity contribution is 0.0977. The molecule has 1 amide bonds. The van der Waals surface area contributed by atoms with Crippen LogP contribution in [0.25, 0.3) is 11.1 Å². The zero-order valence-electron chi connectivity index (χ0n) is 16.1. The van der Waals surface area contributed by atoms with Crippen LogP contribution in [0.5, 0.6) is 0 Å². The standard InChI is InChI=1S/C23H18ClN3O2S/c1-14-6-9-16(13-18(14)24)22(28)27-23(30)25-17-10-7-15(8-11-17)12-21-26-19-4-2-3-5-20(19)29-21/h2-11,13H,12H2,1H3,(H2,25,27,28,30). The minimum absolute atomic E-state index is 0.211. The quantitative estimate of drug-likeness (QED) is 0.414. The molecule has 4 rings (SSSR count). The second-order valence-electron chi connectivity index (χ2n) is 6.82. The van der Waals surface area contributed by atoms with Crippen molar-refractivity contribution in [2.45, 2.75) is 13.3 Å². The van der Waals surface area contributed by atoms with Gasteiger partial charge in [-0.2, -0.15) is 0 Å². The van der Waals surface area contributed by atoms with E-state index in [2.05, 4.69) is 15.6 Å². The van der Waals surface area contributed by atoms with E-state index < -0.39 is 0 Å². The number of fused-ring (bicyclic) bond motifs is 1. The lowest BCUT2D eigenvalue weighted by atomic mass is 10.1. The second kappa shape index (κ2) is 8.65. The van der Waals surface area contributed by atoms with Crippen LogP contribution in [-0.2, 0) is 6.42 Å². The molecule has 0 aliphatic heterocycles. The van der Waals surface area contributed by atoms with Gasteiger partial charge in [0, 0.05) is 22.7 Å². The van der Waals surface area contributed by atoms with E-state index in [9.17, 15) is 4.79 Å². The summed E-state index contributed by atoms with van der Waals surface area (Å²) in [5, 5.41) is 6.42. The van der Waals surface area contributed by atoms with Crippen molar-refractivity contribution in [3.8, 4) is 0 Å². The number of thiocarbonyl (C=S) groups is 1. The van der Waals surface area contributed by atoms with Crippen molar-refractivity contribution in [1.29, 1.82) is 0 Å². The maximum Gasteiger partial charge on any atom is 0.257 e. The predicted molar refractivity (Wildman–Crippen MR) is 123 cm³/mol. The fourth-order valence-electron chi connectivity index (χ4n) is 2.95. The Labute approximate surface area is 184 Å². The van der Waals surface area contributed by atoms with Crippen LogP contribution in [0, 0.1) is 6.92 Å². The van der Waals surface area contributed by atoms with Crippen molar-refractivity contribution in [2.75, 3.05) is 5.32 Å². The molecule has 7 heteroatoms. The third-order valence-corrected chi connectivity index (χ3v) is 5.18. The van der Waals surface area contributed by atoms with Crippen molar-refractivity contribution in [2.24, 2.45) is 0 Å². The monoisotopic (exact) mass is 435 g/mol. The highest BCUT2D eigenvalue weighted by Gasteiger charge is 2.10. The Morgan fingerprint density at radius 2 is 1.87 bits per heavy atom. The number of para-hydroxylation sites is 2. The molecule has 0 saturated carbocycles. The minimum atomic E-state index is -0.318. The highest BCUT2D eigenvalue weighted by molar-refractivity contribution is 7.80. The van der Waals surface area contributed by atoms with E-state index in [-0.39, 0.29) is 11.0 Å². The van der Waals surface area contributed by atoms with Crippen molar-refractivity contribution in [3.05, 3.63) is 94.3 Å². The molecule has 0 aliphatic rings. The van der Waals surface area contributed by atoms with Gasteiger partial charge < -0.3 is 9.73 Å². The number of benzene rings is 3. The zero-order chi connectivity index (χ0) is 21.1. The number of anilines is 1. The molecular weight excluding hydrogens is 418 g/mol. The molecule has 0 radical (unpaired) electrons. The van der Waals surface area contributed by atoms with E-state index in [4.69, 9.17) is 28.2 Å². The lowest BCUT2D eigenvalue weighted by Crippen LogP contribution is -2.34. The van der Waals surface area contributed by atoms with E-state index >= 15 is 0 Å². The van der Waals surface area contributed by atoms with E-state index in [1.807, 2.05) is 55.5 Å². The molecule has 3 aromatic carbocycles. The molecular formula is C23H18ClN3O2S. The number of oxazole rings is 1. The van der Waals surface area contributed by atoms with Gasteiger partial charge in [-0.3, -0.25) is 10.1 Å². The van der Waals surface area contributed by atoms with Crippen LogP contribution >= 0.6 is 23.8 Å². The molecule has 1 heterocycles. The number of hydrogen-bond acceptors (Lipinski definition) is 4. The van der Waals surface area contributed by atoms with Crippen LogP contribution < -0.4 is 10.6 Å². The number of aryl methyl sites for hydroxylation is 1. The summed E-state index contributed by atoms with van der Waals surface area (Å²) in [4.78, 5) is 16.8. The topological polar surface area (TPSA) is 67.2 Å². The SMILES string of the molecule is Cc1ccc(C(=O)NC(=S)Nc2ccc(Cc3nc4ccccc4o3)cc2)cc1Cl. The number of rotatable bonds is 4. The molecule has 0 atom stereocenters. The van der Waals surface area contributed by atoms with E-state index in [1.54, 1.807) is 18.2 Å². The van der Waals surface area contributed by atoms with Crippen molar-refractivity contribution < 1.29 is 9.21 Å². The molecule has 0 saturated heterocycles. The Kier molecular flexibility index (Phi) is 5.79. The summed E-state index contributed by atoms with van der Waals surface area (Å²) in [5.74, 6) is 0.346. The number of carbonyl (C=O) groups excluding carboxylic acids is 1. The Hall–Kier alpha value is -3.22. The zero-order valence-corrected chi connectivity index (χ0v) is 17.7. The van der Waals surface area contributed by atoms with Gasteiger partial charge in [0.15, 0.2) is 16.6 Å². The van der Waals surface area contributed by atoms with Crippen molar-refractivity contribution >= 4 is 51.6 Å². The number of carbonyl (C=O) groups is 1. The van der Waals surface area contributed by atoms with E-state index in [1.165, 1.54) is 0 Å². The highest BCUT2D eigenvalue weighted by Crippen LogP contribution is 2.19. The van der Waals surface area contributed by atoms with Gasteiger partial charge in [-0.15, -0.1) is 0 Å². The maximum atomic E-state index is 12.3. The predicted octanol–water partition coefficient (Wildman–Crippen LogP) is 5.51. The number of hydrogen-bond donors (Lipinski definition) is 2. The van der Waals surface area contributed by atoms with Gasteiger partial charge in [0.05, 0.1) is 0 Å². The Balaban J connectivity index is 1.36. The second-order valence-corrected chi connectivity index (χ2v) is 7.64. The molecule has 5 nitrogen and oxygen atoms in total. The van der Waals surface area contributed by atoms with Gasteiger partial charge in [-0.1, -0.05) is 41.9 Å². The maximum absolute atomic E-state index is 12.3. The Bertz CT molecular complexity index is 1200. The van der Waals surface area contributed by atoms with Crippen molar-refractivity contribution in [3.63, 3.8) is 0 Å². The van der Waals surface area contributed by atoms with E-state index in [0.29, 0.717) is 22.9 Å². The number of nitrogens with one attached hydrogen (secondary N) is 2. The highest BCUT2D eigenvalue weighted by atomic mass is 35.5. The van der Waals surface area contributed by atoms with Gasteiger partial charge in [0.25, 0.3) is 5.91 Å². The lowest BCUT2D eigenvalue weighted by Gasteiger charge is -2.10. The fraction of sp³-hybridized carbons (Fsp3) is 0.0870. The smallest absolute Gasteiger partial charge is 0.257 e. The van der Waals surface area contributed by atoms with Gasteiger partial charge in [-0.25, -0.2) is 4.98 Å². The summed E-state index contributed by atoms with van der Waals surface area (Å²) >= 11 is 11.3. The molecule has 2 N–H and O–H groups in total. The third-order valence-electron chi connectivity index (χ3n) is 4.57. The van der Waals surface area contributed by atoms with Gasteiger partial charge in [0.2, 0.25) is 0 Å². The van der Waals surface area contributed by atoms with Gasteiger partial charge in [-0.05, 0) is 66.7 Å². The summed E-state index contributed by atoms with van der Waals surface area (Å²) < 4.78 is 5.76. The first-order chi connectivity index (χ1) is 14.5. The van der Waals surface area contributed by atoms with Crippen LogP contribution in [0.15, 0.2) is 71.1 Å². The van der Waals surface area contributed by atoms with Crippen LogP contribution in [0.4, 0.5) is 5.69 Å².